The highest BCUT2D eigenvalue weighted by Gasteiger charge is 2.09. The molecule has 0 aromatic heterocycles. The zero-order valence-electron chi connectivity index (χ0n) is 23.3. The van der Waals surface area contributed by atoms with Gasteiger partial charge in [-0.15, -0.1) is 0 Å². The van der Waals surface area contributed by atoms with Crippen LogP contribution in [0.15, 0.2) is 0 Å². The summed E-state index contributed by atoms with van der Waals surface area (Å²) in [6, 6.07) is 0. The Hall–Kier alpha value is -0.420. The van der Waals surface area contributed by atoms with E-state index in [-0.39, 0.29) is 25.0 Å². The van der Waals surface area contributed by atoms with E-state index in [1.54, 1.807) is 6.92 Å². The number of aliphatic hydroxyl groups excluding tert-OH is 1. The molecule has 12 nitrogen and oxygen atoms in total. The van der Waals surface area contributed by atoms with Crippen molar-refractivity contribution >= 4 is 20.7 Å². The molecular formula is C22H54N2O10S2. The first-order valence-electron chi connectivity index (χ1n) is 12.3. The monoisotopic (exact) mass is 570 g/mol. The molecule has 0 spiro atoms. The number of unbranched alkanes of at least 4 members (excludes halogenated alkanes) is 6. The summed E-state index contributed by atoms with van der Waals surface area (Å²) in [5.41, 5.74) is 0. The van der Waals surface area contributed by atoms with Gasteiger partial charge < -0.3 is 25.3 Å². The zero-order valence-corrected chi connectivity index (χ0v) is 25.0. The number of ether oxygens (including phenoxy) is 2. The summed E-state index contributed by atoms with van der Waals surface area (Å²) < 4.78 is 71.2. The molecule has 224 valence electrons. The minimum Gasteiger partial charge on any atom is -0.726 e. The van der Waals surface area contributed by atoms with Gasteiger partial charge in [0.25, 0.3) is 0 Å². The van der Waals surface area contributed by atoms with Gasteiger partial charge in [-0.05, 0) is 40.5 Å². The third-order valence-corrected chi connectivity index (χ3v) is 5.01. The molecule has 0 rings (SSSR count). The molecule has 0 radical (unpaired) electrons. The van der Waals surface area contributed by atoms with Gasteiger partial charge in [-0.2, -0.15) is 8.42 Å². The average molecular weight is 571 g/mol. The standard InChI is InChI=1S/C11H24O5S.C11H24O2.H3NO3S.H3N/c1-4-5-6-7-8-10(2)15-9-11(3)16-17(12,13)14;1-4-5-6-7-8-11(3)13-9-10(2)12;1-5(2,3)4;/h10-11H,4-9H2,1-3H3,(H,12,13,14);10-12H,4-9H2,1-3H3;(H3,1,2,3,4);1H3. The molecule has 0 saturated heterocycles. The Morgan fingerprint density at radius 3 is 1.42 bits per heavy atom. The smallest absolute Gasteiger partial charge is 0.330 e. The fourth-order valence-electron chi connectivity index (χ4n) is 2.72. The van der Waals surface area contributed by atoms with Gasteiger partial charge in [0.15, 0.2) is 0 Å². The first-order valence-corrected chi connectivity index (χ1v) is 15.2. The molecule has 0 fully saturated rings. The van der Waals surface area contributed by atoms with Crippen molar-refractivity contribution in [1.82, 2.24) is 6.15 Å². The lowest BCUT2D eigenvalue weighted by Crippen LogP contribution is -2.23. The van der Waals surface area contributed by atoms with Crippen molar-refractivity contribution in [3.8, 4) is 0 Å². The number of quaternary nitrogens is 1. The van der Waals surface area contributed by atoms with E-state index in [0.29, 0.717) is 12.7 Å². The molecule has 0 amide bonds. The molecule has 14 heteroatoms. The SMILES string of the molecule is CCCCCCC(C)OCC(C)O.CCCCCCC(C)OCC(C)OS(=O)(=O)[O-].NS(=O)(=O)O.[NH4+]. The summed E-state index contributed by atoms with van der Waals surface area (Å²) in [5, 5.41) is 12.9. The molecule has 0 saturated carbocycles. The molecule has 0 aromatic carbocycles. The highest BCUT2D eigenvalue weighted by molar-refractivity contribution is 7.83. The second-order valence-electron chi connectivity index (χ2n) is 8.67. The first-order chi connectivity index (χ1) is 16.0. The van der Waals surface area contributed by atoms with Crippen molar-refractivity contribution in [2.24, 2.45) is 5.14 Å². The van der Waals surface area contributed by atoms with E-state index in [1.165, 1.54) is 51.9 Å². The molecule has 0 aliphatic carbocycles. The van der Waals surface area contributed by atoms with Crippen molar-refractivity contribution < 1.29 is 44.7 Å². The maximum atomic E-state index is 10.3. The number of hydrogen-bond donors (Lipinski definition) is 4. The van der Waals surface area contributed by atoms with Crippen LogP contribution >= 0.6 is 0 Å². The number of aliphatic hydroxyl groups is 1. The van der Waals surface area contributed by atoms with Gasteiger partial charge in [0.05, 0.1) is 37.6 Å². The topological polar surface area (TPSA) is 222 Å². The van der Waals surface area contributed by atoms with Gasteiger partial charge in [-0.1, -0.05) is 65.2 Å². The Morgan fingerprint density at radius 2 is 1.11 bits per heavy atom. The lowest BCUT2D eigenvalue weighted by Gasteiger charge is -2.18. The van der Waals surface area contributed by atoms with Gasteiger partial charge in [0, 0.05) is 0 Å². The maximum Gasteiger partial charge on any atom is 0.330 e. The molecule has 0 aliphatic heterocycles. The van der Waals surface area contributed by atoms with Gasteiger partial charge in [0.2, 0.25) is 10.4 Å². The van der Waals surface area contributed by atoms with E-state index in [0.717, 1.165) is 19.3 Å². The maximum absolute atomic E-state index is 10.3. The van der Waals surface area contributed by atoms with Gasteiger partial charge in [-0.3, -0.25) is 8.74 Å². The molecule has 4 atom stereocenters. The summed E-state index contributed by atoms with van der Waals surface area (Å²) in [5.74, 6) is 0. The fraction of sp³-hybridized carbons (Fsp3) is 1.00. The third-order valence-electron chi connectivity index (χ3n) is 4.45. The molecule has 8 N–H and O–H groups in total. The van der Waals surface area contributed by atoms with Crippen molar-refractivity contribution in [2.75, 3.05) is 13.2 Å². The van der Waals surface area contributed by atoms with E-state index in [9.17, 15) is 13.0 Å². The van der Waals surface area contributed by atoms with Crippen molar-refractivity contribution in [3.05, 3.63) is 0 Å². The largest absolute Gasteiger partial charge is 0.726 e. The predicted molar refractivity (Wildman–Crippen MR) is 142 cm³/mol. The summed E-state index contributed by atoms with van der Waals surface area (Å²) in [6.07, 6.45) is 11.2. The normalized spacial score (nSPS) is 14.7. The van der Waals surface area contributed by atoms with Gasteiger partial charge in [0.1, 0.15) is 0 Å². The number of hydrogen-bond acceptors (Lipinski definition) is 9. The van der Waals surface area contributed by atoms with Crippen molar-refractivity contribution in [1.29, 1.82) is 0 Å². The number of nitrogens with two attached hydrogens (primary N) is 1. The van der Waals surface area contributed by atoms with Gasteiger partial charge >= 0.3 is 10.3 Å². The molecule has 0 heterocycles. The summed E-state index contributed by atoms with van der Waals surface area (Å²) >= 11 is 0. The van der Waals surface area contributed by atoms with Crippen LogP contribution in [0.4, 0.5) is 0 Å². The lowest BCUT2D eigenvalue weighted by molar-refractivity contribution is 0.00123. The summed E-state index contributed by atoms with van der Waals surface area (Å²) in [4.78, 5) is 0. The molecule has 0 aliphatic rings. The Balaban J connectivity index is -0.000000239. The highest BCUT2D eigenvalue weighted by Crippen LogP contribution is 2.09. The third kappa shape index (κ3) is 50.5. The first kappa shape index (κ1) is 42.7. The lowest BCUT2D eigenvalue weighted by atomic mass is 10.1. The van der Waals surface area contributed by atoms with E-state index in [2.05, 4.69) is 30.1 Å². The van der Waals surface area contributed by atoms with Gasteiger partial charge in [-0.25, -0.2) is 13.6 Å². The Kier molecular flexibility index (Phi) is 31.0. The van der Waals surface area contributed by atoms with E-state index in [4.69, 9.17) is 27.6 Å². The van der Waals surface area contributed by atoms with Crippen LogP contribution in [-0.4, -0.2) is 68.7 Å². The second-order valence-corrected chi connectivity index (χ2v) is 10.7. The predicted octanol–water partition coefficient (Wildman–Crippen LogP) is 4.09. The molecule has 36 heavy (non-hydrogen) atoms. The van der Waals surface area contributed by atoms with Crippen LogP contribution in [0.2, 0.25) is 0 Å². The number of rotatable bonds is 18. The molecular weight excluding hydrogens is 516 g/mol. The van der Waals surface area contributed by atoms with Crippen LogP contribution in [0.25, 0.3) is 0 Å². The summed E-state index contributed by atoms with van der Waals surface area (Å²) in [7, 11) is -8.79. The van der Waals surface area contributed by atoms with Crippen LogP contribution in [0.3, 0.4) is 0 Å². The molecule has 0 aromatic rings. The Labute approximate surface area is 220 Å². The van der Waals surface area contributed by atoms with Crippen LogP contribution in [-0.2, 0) is 34.4 Å². The Bertz CT molecular complexity index is 654. The van der Waals surface area contributed by atoms with Crippen LogP contribution in [0.1, 0.15) is 106 Å². The van der Waals surface area contributed by atoms with Crippen LogP contribution < -0.4 is 11.3 Å². The minimum atomic E-state index is -4.63. The molecule has 0 bridgehead atoms. The summed E-state index contributed by atoms with van der Waals surface area (Å²) in [6.45, 7) is 12.2. The van der Waals surface area contributed by atoms with E-state index in [1.807, 2.05) is 6.92 Å². The second kappa shape index (κ2) is 26.2. The fourth-order valence-corrected chi connectivity index (χ4v) is 3.17. The van der Waals surface area contributed by atoms with E-state index >= 15 is 0 Å². The average Bonchev–Trinajstić information content (AvgIpc) is 2.69. The zero-order chi connectivity index (χ0) is 27.9. The highest BCUT2D eigenvalue weighted by atomic mass is 32.3. The Morgan fingerprint density at radius 1 is 0.750 bits per heavy atom. The minimum absolute atomic E-state index is 0. The molecule has 4 unspecified atom stereocenters. The van der Waals surface area contributed by atoms with Crippen LogP contribution in [0.5, 0.6) is 0 Å². The van der Waals surface area contributed by atoms with Crippen molar-refractivity contribution in [3.63, 3.8) is 0 Å². The van der Waals surface area contributed by atoms with Crippen molar-refractivity contribution in [2.45, 2.75) is 130 Å². The van der Waals surface area contributed by atoms with E-state index < -0.39 is 26.8 Å². The quantitative estimate of drug-likeness (QED) is 0.105. The van der Waals surface area contributed by atoms with Crippen LogP contribution in [0, 0.1) is 0 Å².